The molecule has 1 N–H and O–H groups in total. The van der Waals surface area contributed by atoms with E-state index in [9.17, 15) is 0 Å². The van der Waals surface area contributed by atoms with Crippen molar-refractivity contribution in [3.63, 3.8) is 0 Å². The molecule has 5 heteroatoms. The number of hydrogen-bond acceptors (Lipinski definition) is 2. The predicted molar refractivity (Wildman–Crippen MR) is 88.6 cm³/mol. The molecule has 3 rings (SSSR count). The minimum absolute atomic E-state index is 0.573. The molecule has 0 spiro atoms. The monoisotopic (exact) mass is 315 g/mol. The van der Waals surface area contributed by atoms with E-state index in [1.807, 2.05) is 28.8 Å². The molecule has 0 aliphatic rings. The molecule has 1 heterocycles. The molecule has 106 valence electrons. The first-order valence-electron chi connectivity index (χ1n) is 6.71. The van der Waals surface area contributed by atoms with Gasteiger partial charge in [-0.1, -0.05) is 30.7 Å². The van der Waals surface area contributed by atoms with Crippen molar-refractivity contribution in [2.45, 2.75) is 13.3 Å². The van der Waals surface area contributed by atoms with E-state index < -0.39 is 0 Å². The molecule has 0 fully saturated rings. The van der Waals surface area contributed by atoms with Crippen molar-refractivity contribution < 1.29 is 0 Å². The van der Waals surface area contributed by atoms with Crippen molar-refractivity contribution in [3.8, 4) is 17.1 Å². The van der Waals surface area contributed by atoms with Gasteiger partial charge in [-0.15, -0.1) is 0 Å². The summed E-state index contributed by atoms with van der Waals surface area (Å²) >= 11 is 11.3. The summed E-state index contributed by atoms with van der Waals surface area (Å²) < 4.78 is 2.50. The van der Waals surface area contributed by atoms with Crippen LogP contribution >= 0.6 is 23.8 Å². The van der Waals surface area contributed by atoms with Gasteiger partial charge in [0, 0.05) is 16.3 Å². The average Bonchev–Trinajstić information content (AvgIpc) is 2.90. The number of rotatable bonds is 3. The number of aryl methyl sites for hydroxylation is 1. The Labute approximate surface area is 133 Å². The van der Waals surface area contributed by atoms with Crippen LogP contribution in [0.1, 0.15) is 12.5 Å². The molecular weight excluding hydrogens is 302 g/mol. The van der Waals surface area contributed by atoms with Crippen LogP contribution in [0.3, 0.4) is 0 Å². The van der Waals surface area contributed by atoms with E-state index in [-0.39, 0.29) is 0 Å². The molecule has 0 saturated carbocycles. The zero-order valence-corrected chi connectivity index (χ0v) is 13.1. The molecule has 3 nitrogen and oxygen atoms in total. The summed E-state index contributed by atoms with van der Waals surface area (Å²) in [5.74, 6) is 0.779. The van der Waals surface area contributed by atoms with Crippen molar-refractivity contribution in [1.82, 2.24) is 14.8 Å². The van der Waals surface area contributed by atoms with E-state index in [1.54, 1.807) is 0 Å². The summed E-state index contributed by atoms with van der Waals surface area (Å²) in [7, 11) is 0. The van der Waals surface area contributed by atoms with Gasteiger partial charge in [-0.3, -0.25) is 9.67 Å². The molecule has 0 aliphatic heterocycles. The Morgan fingerprint density at radius 2 is 1.76 bits per heavy atom. The summed E-state index contributed by atoms with van der Waals surface area (Å²) in [6.45, 7) is 2.14. The maximum absolute atomic E-state index is 5.94. The van der Waals surface area contributed by atoms with Gasteiger partial charge in [-0.25, -0.2) is 0 Å². The van der Waals surface area contributed by atoms with Gasteiger partial charge < -0.3 is 0 Å². The van der Waals surface area contributed by atoms with Crippen LogP contribution in [0.5, 0.6) is 0 Å². The average molecular weight is 316 g/mol. The Bertz CT molecular complexity index is 801. The lowest BCUT2D eigenvalue weighted by molar-refractivity contribution is 1.03. The molecule has 0 saturated heterocycles. The number of nitrogens with zero attached hydrogens (tertiary/aromatic N) is 2. The Kier molecular flexibility index (Phi) is 3.90. The largest absolute Gasteiger partial charge is 0.268 e. The minimum Gasteiger partial charge on any atom is -0.268 e. The number of aromatic amines is 1. The van der Waals surface area contributed by atoms with Gasteiger partial charge in [0.25, 0.3) is 0 Å². The van der Waals surface area contributed by atoms with Gasteiger partial charge in [0.2, 0.25) is 0 Å². The van der Waals surface area contributed by atoms with Gasteiger partial charge in [0.1, 0.15) is 0 Å². The quantitative estimate of drug-likeness (QED) is 0.703. The molecule has 3 aromatic rings. The van der Waals surface area contributed by atoms with Crippen LogP contribution in [-0.2, 0) is 6.42 Å². The van der Waals surface area contributed by atoms with E-state index in [0.29, 0.717) is 9.79 Å². The molecular formula is C16H14ClN3S. The molecule has 0 atom stereocenters. The first-order chi connectivity index (χ1) is 10.2. The Balaban J connectivity index is 2.12. The number of aromatic nitrogens is 3. The van der Waals surface area contributed by atoms with Gasteiger partial charge in [-0.05, 0) is 60.6 Å². The van der Waals surface area contributed by atoms with Crippen molar-refractivity contribution in [2.24, 2.45) is 0 Å². The molecule has 2 aromatic carbocycles. The van der Waals surface area contributed by atoms with Crippen LogP contribution in [0.25, 0.3) is 17.1 Å². The summed E-state index contributed by atoms with van der Waals surface area (Å²) in [6, 6.07) is 15.9. The van der Waals surface area contributed by atoms with Gasteiger partial charge >= 0.3 is 0 Å². The molecule has 0 unspecified atom stereocenters. The summed E-state index contributed by atoms with van der Waals surface area (Å²) in [5.41, 5.74) is 3.25. The Morgan fingerprint density at radius 3 is 2.38 bits per heavy atom. The van der Waals surface area contributed by atoms with E-state index in [1.165, 1.54) is 5.56 Å². The lowest BCUT2D eigenvalue weighted by atomic mass is 10.1. The third kappa shape index (κ3) is 2.77. The van der Waals surface area contributed by atoms with E-state index in [2.05, 4.69) is 41.4 Å². The number of halogens is 1. The molecule has 0 aliphatic carbocycles. The molecule has 0 amide bonds. The third-order valence-electron chi connectivity index (χ3n) is 3.38. The second kappa shape index (κ2) is 5.84. The fourth-order valence-electron chi connectivity index (χ4n) is 2.21. The van der Waals surface area contributed by atoms with Gasteiger partial charge in [-0.2, -0.15) is 5.10 Å². The topological polar surface area (TPSA) is 33.6 Å². The first-order valence-corrected chi connectivity index (χ1v) is 7.50. The van der Waals surface area contributed by atoms with Crippen molar-refractivity contribution in [1.29, 1.82) is 0 Å². The standard InChI is InChI=1S/C16H14ClN3S/c1-2-11-3-9-14(10-4-11)20-15(18-19-16(20)21)12-5-7-13(17)8-6-12/h3-10H,2H2,1H3,(H,19,21). The number of H-pyrrole nitrogens is 1. The fraction of sp³-hybridized carbons (Fsp3) is 0.125. The number of hydrogen-bond donors (Lipinski definition) is 1. The van der Waals surface area contributed by atoms with E-state index >= 15 is 0 Å². The van der Waals surface area contributed by atoms with Crippen LogP contribution in [0.2, 0.25) is 5.02 Å². The molecule has 0 radical (unpaired) electrons. The van der Waals surface area contributed by atoms with Crippen molar-refractivity contribution in [3.05, 3.63) is 63.9 Å². The number of nitrogens with one attached hydrogen (secondary N) is 1. The summed E-state index contributed by atoms with van der Waals surface area (Å²) in [5, 5.41) is 7.90. The third-order valence-corrected chi connectivity index (χ3v) is 3.90. The fourth-order valence-corrected chi connectivity index (χ4v) is 2.57. The zero-order valence-electron chi connectivity index (χ0n) is 11.5. The number of benzene rings is 2. The maximum Gasteiger partial charge on any atom is 0.200 e. The minimum atomic E-state index is 0.573. The summed E-state index contributed by atoms with van der Waals surface area (Å²) in [6.07, 6.45) is 1.01. The smallest absolute Gasteiger partial charge is 0.200 e. The van der Waals surface area contributed by atoms with Crippen LogP contribution < -0.4 is 0 Å². The Hall–Kier alpha value is -1.91. The second-order valence-corrected chi connectivity index (χ2v) is 5.54. The summed E-state index contributed by atoms with van der Waals surface area (Å²) in [4.78, 5) is 0. The van der Waals surface area contributed by atoms with E-state index in [0.717, 1.165) is 23.5 Å². The Morgan fingerprint density at radius 1 is 1.10 bits per heavy atom. The van der Waals surface area contributed by atoms with Crippen molar-refractivity contribution >= 4 is 23.8 Å². The van der Waals surface area contributed by atoms with Crippen LogP contribution in [-0.4, -0.2) is 14.8 Å². The first kappa shape index (κ1) is 14.0. The van der Waals surface area contributed by atoms with Gasteiger partial charge in [0.05, 0.1) is 0 Å². The van der Waals surface area contributed by atoms with Crippen LogP contribution in [0.15, 0.2) is 48.5 Å². The zero-order chi connectivity index (χ0) is 14.8. The van der Waals surface area contributed by atoms with Crippen molar-refractivity contribution in [2.75, 3.05) is 0 Å². The molecule has 0 bridgehead atoms. The highest BCUT2D eigenvalue weighted by atomic mass is 35.5. The van der Waals surface area contributed by atoms with Crippen LogP contribution in [0, 0.1) is 4.77 Å². The molecule has 1 aromatic heterocycles. The highest BCUT2D eigenvalue weighted by molar-refractivity contribution is 7.71. The normalized spacial score (nSPS) is 10.8. The lowest BCUT2D eigenvalue weighted by Gasteiger charge is -2.08. The lowest BCUT2D eigenvalue weighted by Crippen LogP contribution is -1.98. The van der Waals surface area contributed by atoms with Gasteiger partial charge in [0.15, 0.2) is 10.6 Å². The predicted octanol–water partition coefficient (Wildman–Crippen LogP) is 4.81. The van der Waals surface area contributed by atoms with E-state index in [4.69, 9.17) is 23.8 Å². The van der Waals surface area contributed by atoms with Crippen LogP contribution in [0.4, 0.5) is 0 Å². The molecule has 21 heavy (non-hydrogen) atoms. The maximum atomic E-state index is 5.94. The SMILES string of the molecule is CCc1ccc(-n2c(-c3ccc(Cl)cc3)n[nH]c2=S)cc1. The highest BCUT2D eigenvalue weighted by Gasteiger charge is 2.10. The second-order valence-electron chi connectivity index (χ2n) is 4.71. The highest BCUT2D eigenvalue weighted by Crippen LogP contribution is 2.23.